The number of rotatable bonds is 6. The standard InChI is InChI=1S/C25H20FN3O3S/c26-22-5-6-24(21(14-22)15-27)20-3-1-18(2-4-20)13-25(30)29(16-19-7-10-28-11-8-19)23-9-12-33(31,32)17-23/h1-12,14,23H,13,16-17H2. The molecule has 0 saturated heterocycles. The van der Waals surface area contributed by atoms with Gasteiger partial charge in [-0.3, -0.25) is 9.78 Å². The van der Waals surface area contributed by atoms with E-state index in [1.165, 1.54) is 12.1 Å². The van der Waals surface area contributed by atoms with E-state index in [9.17, 15) is 22.9 Å². The van der Waals surface area contributed by atoms with Crippen LogP contribution < -0.4 is 0 Å². The lowest BCUT2D eigenvalue weighted by Gasteiger charge is -2.28. The summed E-state index contributed by atoms with van der Waals surface area (Å²) in [6, 6.07) is 16.2. The van der Waals surface area contributed by atoms with E-state index >= 15 is 0 Å². The summed E-state index contributed by atoms with van der Waals surface area (Å²) < 4.78 is 37.3. The fraction of sp³-hybridized carbons (Fsp3) is 0.160. The molecule has 1 aromatic heterocycles. The summed E-state index contributed by atoms with van der Waals surface area (Å²) in [4.78, 5) is 18.8. The highest BCUT2D eigenvalue weighted by atomic mass is 32.2. The molecule has 166 valence electrons. The Hall–Kier alpha value is -3.83. The number of carbonyl (C=O) groups excluding carboxylic acids is 1. The van der Waals surface area contributed by atoms with E-state index < -0.39 is 21.7 Å². The highest BCUT2D eigenvalue weighted by molar-refractivity contribution is 7.94. The van der Waals surface area contributed by atoms with Gasteiger partial charge in [0.1, 0.15) is 5.82 Å². The van der Waals surface area contributed by atoms with Crippen molar-refractivity contribution < 1.29 is 17.6 Å². The van der Waals surface area contributed by atoms with Crippen molar-refractivity contribution in [3.05, 3.63) is 101 Å². The summed E-state index contributed by atoms with van der Waals surface area (Å²) in [7, 11) is -3.32. The van der Waals surface area contributed by atoms with E-state index in [0.717, 1.165) is 22.1 Å². The third-order valence-corrected chi connectivity index (χ3v) is 6.83. The van der Waals surface area contributed by atoms with Gasteiger partial charge in [0, 0.05) is 24.3 Å². The molecule has 2 heterocycles. The molecule has 1 aliphatic rings. The maximum atomic E-state index is 13.4. The number of nitrogens with zero attached hydrogens (tertiary/aromatic N) is 3. The maximum absolute atomic E-state index is 13.4. The number of carbonyl (C=O) groups is 1. The van der Waals surface area contributed by atoms with Crippen molar-refractivity contribution in [1.82, 2.24) is 9.88 Å². The lowest BCUT2D eigenvalue weighted by molar-refractivity contribution is -0.132. The van der Waals surface area contributed by atoms with Crippen LogP contribution in [0.3, 0.4) is 0 Å². The number of sulfone groups is 1. The highest BCUT2D eigenvalue weighted by Crippen LogP contribution is 2.25. The molecule has 0 aliphatic carbocycles. The van der Waals surface area contributed by atoms with Crippen molar-refractivity contribution in [2.75, 3.05) is 5.75 Å². The fourth-order valence-corrected chi connectivity index (χ4v) is 5.07. The van der Waals surface area contributed by atoms with Crippen LogP contribution in [-0.2, 0) is 27.6 Å². The van der Waals surface area contributed by atoms with E-state index in [1.807, 2.05) is 6.07 Å². The summed E-state index contributed by atoms with van der Waals surface area (Å²) in [5, 5.41) is 10.4. The summed E-state index contributed by atoms with van der Waals surface area (Å²) in [5.74, 6) is -0.815. The Morgan fingerprint density at radius 1 is 1.09 bits per heavy atom. The molecular formula is C25H20FN3O3S. The van der Waals surface area contributed by atoms with Gasteiger partial charge in [0.05, 0.1) is 29.8 Å². The van der Waals surface area contributed by atoms with Gasteiger partial charge in [-0.25, -0.2) is 12.8 Å². The Labute approximate surface area is 191 Å². The number of benzene rings is 2. The van der Waals surface area contributed by atoms with E-state index in [2.05, 4.69) is 4.98 Å². The monoisotopic (exact) mass is 461 g/mol. The predicted molar refractivity (Wildman–Crippen MR) is 122 cm³/mol. The Bertz CT molecular complexity index is 1350. The Morgan fingerprint density at radius 3 is 2.45 bits per heavy atom. The Kier molecular flexibility index (Phi) is 6.33. The number of nitriles is 1. The van der Waals surface area contributed by atoms with Crippen molar-refractivity contribution in [3.8, 4) is 17.2 Å². The molecule has 0 N–H and O–H groups in total. The number of aromatic nitrogens is 1. The molecule has 4 rings (SSSR count). The van der Waals surface area contributed by atoms with E-state index in [0.29, 0.717) is 5.56 Å². The number of pyridine rings is 1. The Balaban J connectivity index is 1.54. The van der Waals surface area contributed by atoms with Crippen molar-refractivity contribution in [3.63, 3.8) is 0 Å². The molecule has 1 amide bonds. The molecule has 1 unspecified atom stereocenters. The summed E-state index contributed by atoms with van der Waals surface area (Å²) in [6.45, 7) is 0.269. The van der Waals surface area contributed by atoms with Gasteiger partial charge in [0.25, 0.3) is 0 Å². The third kappa shape index (κ3) is 5.33. The van der Waals surface area contributed by atoms with Crippen LogP contribution in [0.1, 0.15) is 16.7 Å². The van der Waals surface area contributed by atoms with Crippen LogP contribution in [0, 0.1) is 17.1 Å². The first-order valence-electron chi connectivity index (χ1n) is 10.2. The second-order valence-corrected chi connectivity index (χ2v) is 9.71. The zero-order chi connectivity index (χ0) is 23.4. The quantitative estimate of drug-likeness (QED) is 0.559. The number of amides is 1. The predicted octanol–water partition coefficient (Wildman–Crippen LogP) is 3.64. The smallest absolute Gasteiger partial charge is 0.227 e. The lowest BCUT2D eigenvalue weighted by Crippen LogP contribution is -2.41. The minimum atomic E-state index is -3.32. The molecular weight excluding hydrogens is 441 g/mol. The SMILES string of the molecule is N#Cc1cc(F)ccc1-c1ccc(CC(=O)N(Cc2ccncc2)C2C=CS(=O)(=O)C2)cc1. The minimum absolute atomic E-state index is 0.0876. The van der Waals surface area contributed by atoms with Crippen molar-refractivity contribution in [1.29, 1.82) is 5.26 Å². The van der Waals surface area contributed by atoms with Gasteiger partial charge in [-0.2, -0.15) is 5.26 Å². The second kappa shape index (κ2) is 9.35. The molecule has 0 radical (unpaired) electrons. The normalized spacial score (nSPS) is 16.3. The van der Waals surface area contributed by atoms with Crippen LogP contribution >= 0.6 is 0 Å². The fourth-order valence-electron chi connectivity index (χ4n) is 3.77. The molecule has 0 spiro atoms. The zero-order valence-electron chi connectivity index (χ0n) is 17.6. The second-order valence-electron chi connectivity index (χ2n) is 7.78. The van der Waals surface area contributed by atoms with Crippen LogP contribution in [0.4, 0.5) is 4.39 Å². The van der Waals surface area contributed by atoms with Gasteiger partial charge in [-0.05, 0) is 52.6 Å². The average molecular weight is 462 g/mol. The van der Waals surface area contributed by atoms with Gasteiger partial charge in [0.15, 0.2) is 9.84 Å². The molecule has 1 atom stereocenters. The van der Waals surface area contributed by atoms with Gasteiger partial charge in [-0.1, -0.05) is 30.3 Å². The zero-order valence-corrected chi connectivity index (χ0v) is 18.4. The molecule has 8 heteroatoms. The van der Waals surface area contributed by atoms with Crippen molar-refractivity contribution >= 4 is 15.7 Å². The number of hydrogen-bond acceptors (Lipinski definition) is 5. The Morgan fingerprint density at radius 2 is 1.82 bits per heavy atom. The molecule has 0 bridgehead atoms. The first kappa shape index (κ1) is 22.4. The molecule has 0 fully saturated rings. The van der Waals surface area contributed by atoms with Gasteiger partial charge < -0.3 is 4.90 Å². The van der Waals surface area contributed by atoms with Crippen LogP contribution in [0.15, 0.2) is 78.5 Å². The van der Waals surface area contributed by atoms with Crippen LogP contribution in [0.2, 0.25) is 0 Å². The first-order chi connectivity index (χ1) is 15.8. The number of halogens is 1. The summed E-state index contributed by atoms with van der Waals surface area (Å²) in [6.07, 6.45) is 4.89. The van der Waals surface area contributed by atoms with E-state index in [1.54, 1.807) is 65.8 Å². The molecule has 3 aromatic rings. The topological polar surface area (TPSA) is 91.1 Å². The minimum Gasteiger partial charge on any atom is -0.331 e. The van der Waals surface area contributed by atoms with Crippen molar-refractivity contribution in [2.45, 2.75) is 19.0 Å². The summed E-state index contributed by atoms with van der Waals surface area (Å²) in [5.41, 5.74) is 3.18. The van der Waals surface area contributed by atoms with E-state index in [-0.39, 0.29) is 30.2 Å². The van der Waals surface area contributed by atoms with E-state index in [4.69, 9.17) is 0 Å². The van der Waals surface area contributed by atoms with Crippen molar-refractivity contribution in [2.24, 2.45) is 0 Å². The highest BCUT2D eigenvalue weighted by Gasteiger charge is 2.30. The molecule has 33 heavy (non-hydrogen) atoms. The molecule has 1 aliphatic heterocycles. The largest absolute Gasteiger partial charge is 0.331 e. The lowest BCUT2D eigenvalue weighted by atomic mass is 9.98. The third-order valence-electron chi connectivity index (χ3n) is 5.46. The average Bonchev–Trinajstić information content (AvgIpc) is 3.17. The van der Waals surface area contributed by atoms with Crippen LogP contribution in [0.5, 0.6) is 0 Å². The summed E-state index contributed by atoms with van der Waals surface area (Å²) >= 11 is 0. The maximum Gasteiger partial charge on any atom is 0.227 e. The van der Waals surface area contributed by atoms with Gasteiger partial charge >= 0.3 is 0 Å². The van der Waals surface area contributed by atoms with Gasteiger partial charge in [-0.15, -0.1) is 0 Å². The van der Waals surface area contributed by atoms with Gasteiger partial charge in [0.2, 0.25) is 5.91 Å². The first-order valence-corrected chi connectivity index (χ1v) is 11.9. The molecule has 6 nitrogen and oxygen atoms in total. The molecule has 0 saturated carbocycles. The van der Waals surface area contributed by atoms with Crippen LogP contribution in [0.25, 0.3) is 11.1 Å². The van der Waals surface area contributed by atoms with Crippen LogP contribution in [-0.4, -0.2) is 36.0 Å². The molecule has 2 aromatic carbocycles. The number of hydrogen-bond donors (Lipinski definition) is 0.